The van der Waals surface area contributed by atoms with E-state index in [9.17, 15) is 4.79 Å². The molecule has 0 fully saturated rings. The smallest absolute Gasteiger partial charge is 0.236 e. The zero-order valence-corrected chi connectivity index (χ0v) is 14.4. The molecule has 3 rings (SSSR count). The highest BCUT2D eigenvalue weighted by atomic mass is 32.2. The molecule has 8 heteroatoms. The number of anilines is 1. The fourth-order valence-corrected chi connectivity index (χ4v) is 3.05. The maximum Gasteiger partial charge on any atom is 0.236 e. The first-order chi connectivity index (χ1) is 11.7. The van der Waals surface area contributed by atoms with Crippen molar-refractivity contribution in [1.82, 2.24) is 15.2 Å². The van der Waals surface area contributed by atoms with Crippen LogP contribution in [0.25, 0.3) is 11.3 Å². The predicted octanol–water partition coefficient (Wildman–Crippen LogP) is 3.34. The minimum Gasteiger partial charge on any atom is -0.497 e. The van der Waals surface area contributed by atoms with Gasteiger partial charge in [-0.1, -0.05) is 11.8 Å². The number of methoxy groups -OCH3 is 1. The van der Waals surface area contributed by atoms with Crippen molar-refractivity contribution in [2.24, 2.45) is 0 Å². The van der Waals surface area contributed by atoms with E-state index in [2.05, 4.69) is 20.5 Å². The van der Waals surface area contributed by atoms with E-state index in [-0.39, 0.29) is 11.7 Å². The molecule has 24 heavy (non-hydrogen) atoms. The minimum absolute atomic E-state index is 0.115. The molecular weight excluding hydrogens is 344 g/mol. The predicted molar refractivity (Wildman–Crippen MR) is 95.5 cm³/mol. The first kappa shape index (κ1) is 16.4. The largest absolute Gasteiger partial charge is 0.497 e. The molecule has 0 atom stereocenters. The number of nitrogens with one attached hydrogen (secondary N) is 1. The normalized spacial score (nSPS) is 10.4. The Morgan fingerprint density at radius 3 is 2.67 bits per heavy atom. The number of carbonyl (C=O) groups is 1. The zero-order chi connectivity index (χ0) is 16.8. The number of nitrogens with zero attached hydrogens (tertiary/aromatic N) is 3. The van der Waals surface area contributed by atoms with Crippen LogP contribution in [0.5, 0.6) is 5.75 Å². The number of hydrogen-bond donors (Lipinski definition) is 1. The molecule has 0 saturated heterocycles. The van der Waals surface area contributed by atoms with Gasteiger partial charge in [0.2, 0.25) is 5.91 Å². The Kier molecular flexibility index (Phi) is 5.39. The van der Waals surface area contributed by atoms with Gasteiger partial charge in [-0.15, -0.1) is 21.5 Å². The monoisotopic (exact) mass is 358 g/mol. The van der Waals surface area contributed by atoms with E-state index < -0.39 is 0 Å². The summed E-state index contributed by atoms with van der Waals surface area (Å²) in [5, 5.41) is 14.2. The van der Waals surface area contributed by atoms with Gasteiger partial charge in [-0.25, -0.2) is 4.98 Å². The minimum atomic E-state index is -0.115. The van der Waals surface area contributed by atoms with Crippen molar-refractivity contribution in [1.29, 1.82) is 0 Å². The quantitative estimate of drug-likeness (QED) is 0.681. The summed E-state index contributed by atoms with van der Waals surface area (Å²) in [6, 6.07) is 11.4. The van der Waals surface area contributed by atoms with Crippen LogP contribution < -0.4 is 10.1 Å². The van der Waals surface area contributed by atoms with Gasteiger partial charge < -0.3 is 10.1 Å². The SMILES string of the molecule is COc1ccc(-c2ccc(SCC(=O)Nc3nccs3)nn2)cc1. The van der Waals surface area contributed by atoms with Crippen molar-refractivity contribution in [2.45, 2.75) is 5.03 Å². The molecule has 2 aromatic heterocycles. The number of rotatable bonds is 6. The van der Waals surface area contributed by atoms with Gasteiger partial charge in [-0.05, 0) is 36.4 Å². The lowest BCUT2D eigenvalue weighted by Crippen LogP contribution is -2.13. The molecule has 0 saturated carbocycles. The van der Waals surface area contributed by atoms with Crippen molar-refractivity contribution in [3.05, 3.63) is 48.0 Å². The number of amides is 1. The Morgan fingerprint density at radius 2 is 2.04 bits per heavy atom. The molecule has 6 nitrogen and oxygen atoms in total. The lowest BCUT2D eigenvalue weighted by Gasteiger charge is -2.04. The van der Waals surface area contributed by atoms with Crippen LogP contribution in [0.15, 0.2) is 53.0 Å². The molecule has 1 aromatic carbocycles. The number of thiazole rings is 1. The molecule has 3 aromatic rings. The molecule has 0 aliphatic heterocycles. The van der Waals surface area contributed by atoms with Crippen LogP contribution in [-0.4, -0.2) is 34.0 Å². The van der Waals surface area contributed by atoms with Crippen molar-refractivity contribution in [2.75, 3.05) is 18.2 Å². The highest BCUT2D eigenvalue weighted by Crippen LogP contribution is 2.22. The Hall–Kier alpha value is -2.45. The lowest BCUT2D eigenvalue weighted by atomic mass is 10.1. The molecule has 0 radical (unpaired) electrons. The Labute approximate surface area is 147 Å². The topological polar surface area (TPSA) is 77.0 Å². The van der Waals surface area contributed by atoms with Crippen LogP contribution in [0, 0.1) is 0 Å². The van der Waals surface area contributed by atoms with E-state index in [0.29, 0.717) is 10.2 Å². The van der Waals surface area contributed by atoms with E-state index in [1.807, 2.05) is 41.8 Å². The summed E-state index contributed by atoms with van der Waals surface area (Å²) in [7, 11) is 1.63. The summed E-state index contributed by atoms with van der Waals surface area (Å²) in [6.07, 6.45) is 1.65. The molecule has 0 unspecified atom stereocenters. The van der Waals surface area contributed by atoms with Crippen molar-refractivity contribution in [3.63, 3.8) is 0 Å². The third kappa shape index (κ3) is 4.30. The lowest BCUT2D eigenvalue weighted by molar-refractivity contribution is -0.113. The fraction of sp³-hybridized carbons (Fsp3) is 0.125. The first-order valence-corrected chi connectivity index (χ1v) is 8.91. The third-order valence-electron chi connectivity index (χ3n) is 3.06. The summed E-state index contributed by atoms with van der Waals surface area (Å²) < 4.78 is 5.13. The molecule has 0 bridgehead atoms. The maximum atomic E-state index is 11.8. The molecule has 122 valence electrons. The highest BCUT2D eigenvalue weighted by molar-refractivity contribution is 7.99. The van der Waals surface area contributed by atoms with E-state index >= 15 is 0 Å². The van der Waals surface area contributed by atoms with Crippen LogP contribution in [0.4, 0.5) is 5.13 Å². The molecule has 1 N–H and O–H groups in total. The highest BCUT2D eigenvalue weighted by Gasteiger charge is 2.07. The van der Waals surface area contributed by atoms with Gasteiger partial charge in [0.15, 0.2) is 5.13 Å². The third-order valence-corrected chi connectivity index (χ3v) is 4.66. The average Bonchev–Trinajstić information content (AvgIpc) is 3.13. The summed E-state index contributed by atoms with van der Waals surface area (Å²) in [6.45, 7) is 0. The second kappa shape index (κ2) is 7.89. The Balaban J connectivity index is 1.56. The van der Waals surface area contributed by atoms with Crippen molar-refractivity contribution < 1.29 is 9.53 Å². The molecule has 0 spiro atoms. The van der Waals surface area contributed by atoms with Crippen LogP contribution in [0.2, 0.25) is 0 Å². The van der Waals surface area contributed by atoms with E-state index in [1.165, 1.54) is 23.1 Å². The van der Waals surface area contributed by atoms with Gasteiger partial charge >= 0.3 is 0 Å². The van der Waals surface area contributed by atoms with E-state index in [4.69, 9.17) is 4.74 Å². The molecule has 0 aliphatic carbocycles. The van der Waals surface area contributed by atoms with Gasteiger partial charge in [0.1, 0.15) is 10.8 Å². The molecule has 1 amide bonds. The zero-order valence-electron chi connectivity index (χ0n) is 12.8. The van der Waals surface area contributed by atoms with Crippen LogP contribution in [-0.2, 0) is 4.79 Å². The van der Waals surface area contributed by atoms with Gasteiger partial charge in [0.05, 0.1) is 18.6 Å². The van der Waals surface area contributed by atoms with Gasteiger partial charge in [0, 0.05) is 17.1 Å². The standard InChI is InChI=1S/C16H14N4O2S2/c1-22-12-4-2-11(3-5-12)13-6-7-15(20-19-13)24-10-14(21)18-16-17-8-9-23-16/h2-9H,10H2,1H3,(H,17,18,21). The summed E-state index contributed by atoms with van der Waals surface area (Å²) >= 11 is 2.72. The Morgan fingerprint density at radius 1 is 1.21 bits per heavy atom. The number of aromatic nitrogens is 3. The summed E-state index contributed by atoms with van der Waals surface area (Å²) in [5.41, 5.74) is 1.73. The average molecular weight is 358 g/mol. The fourth-order valence-electron chi connectivity index (χ4n) is 1.89. The second-order valence-corrected chi connectivity index (χ2v) is 6.55. The first-order valence-electron chi connectivity index (χ1n) is 7.05. The van der Waals surface area contributed by atoms with Crippen LogP contribution in [0.1, 0.15) is 0 Å². The summed E-state index contributed by atoms with van der Waals surface area (Å²) in [4.78, 5) is 15.8. The Bertz CT molecular complexity index is 790. The van der Waals surface area contributed by atoms with Crippen molar-refractivity contribution in [3.8, 4) is 17.0 Å². The number of hydrogen-bond acceptors (Lipinski definition) is 7. The number of thioether (sulfide) groups is 1. The molecule has 2 heterocycles. The number of ether oxygens (including phenoxy) is 1. The van der Waals surface area contributed by atoms with Crippen LogP contribution in [0.3, 0.4) is 0 Å². The summed E-state index contributed by atoms with van der Waals surface area (Å²) in [5.74, 6) is 0.942. The number of carbonyl (C=O) groups excluding carboxylic acids is 1. The van der Waals surface area contributed by atoms with Gasteiger partial charge in [-0.2, -0.15) is 0 Å². The molecule has 0 aliphatic rings. The molecular formula is C16H14N4O2S2. The van der Waals surface area contributed by atoms with E-state index in [0.717, 1.165) is 17.0 Å². The number of benzene rings is 1. The van der Waals surface area contributed by atoms with Crippen molar-refractivity contribution >= 4 is 34.1 Å². The van der Waals surface area contributed by atoms with Crippen LogP contribution >= 0.6 is 23.1 Å². The van der Waals surface area contributed by atoms with Gasteiger partial charge in [0.25, 0.3) is 0 Å². The second-order valence-electron chi connectivity index (χ2n) is 4.66. The van der Waals surface area contributed by atoms with E-state index in [1.54, 1.807) is 13.3 Å². The maximum absolute atomic E-state index is 11.8. The van der Waals surface area contributed by atoms with Gasteiger partial charge in [-0.3, -0.25) is 4.79 Å².